The van der Waals surface area contributed by atoms with Crippen molar-refractivity contribution >= 4 is 16.6 Å². The summed E-state index contributed by atoms with van der Waals surface area (Å²) >= 11 is 0. The standard InChI is InChI=1S/C28H30O9/c1-13-11-16-20(14(2)19-15(21(16)30-3)7-5-8-17(19)29)22-18(13)23-24-27(31-4,35-22)26(12-34-26)28(36-23,37-24)25-32-9-6-10-33-25/h11,23-25H,5-10,12H2,1-4H3/t23?,24?,26?,27?,28-/m1/s1. The fourth-order valence-corrected chi connectivity index (χ4v) is 7.62. The van der Waals surface area contributed by atoms with Gasteiger partial charge in [-0.1, -0.05) is 0 Å². The first-order chi connectivity index (χ1) is 17.9. The van der Waals surface area contributed by atoms with Gasteiger partial charge in [0, 0.05) is 41.0 Å². The third-order valence-electron chi connectivity index (χ3n) is 9.20. The van der Waals surface area contributed by atoms with Gasteiger partial charge in [-0.2, -0.15) is 0 Å². The number of ether oxygens (including phenoxy) is 8. The van der Waals surface area contributed by atoms with E-state index in [0.29, 0.717) is 32.0 Å². The van der Waals surface area contributed by atoms with E-state index in [1.54, 1.807) is 14.2 Å². The molecule has 1 aliphatic carbocycles. The van der Waals surface area contributed by atoms with E-state index < -0.39 is 35.7 Å². The second-order valence-corrected chi connectivity index (χ2v) is 10.9. The van der Waals surface area contributed by atoms with Crippen molar-refractivity contribution in [2.75, 3.05) is 34.0 Å². The average molecular weight is 511 g/mol. The molecule has 2 bridgehead atoms. The van der Waals surface area contributed by atoms with Crippen LogP contribution in [0.1, 0.15) is 58.0 Å². The minimum Gasteiger partial charge on any atom is -0.496 e. The summed E-state index contributed by atoms with van der Waals surface area (Å²) in [5.41, 5.74) is 3.44. The molecule has 196 valence electrons. The topological polar surface area (TPSA) is 94.2 Å². The fraction of sp³-hybridized carbons (Fsp3) is 0.607. The first kappa shape index (κ1) is 22.7. The van der Waals surface area contributed by atoms with Gasteiger partial charge < -0.3 is 37.9 Å². The van der Waals surface area contributed by atoms with Crippen molar-refractivity contribution in [3.05, 3.63) is 33.9 Å². The molecular weight excluding hydrogens is 480 g/mol. The molecule has 4 unspecified atom stereocenters. The van der Waals surface area contributed by atoms with Crippen LogP contribution in [0, 0.1) is 13.8 Å². The summed E-state index contributed by atoms with van der Waals surface area (Å²) < 4.78 is 50.7. The molecule has 9 heteroatoms. The number of fused-ring (bicyclic) bond motifs is 8. The van der Waals surface area contributed by atoms with Crippen LogP contribution >= 0.6 is 0 Å². The van der Waals surface area contributed by atoms with Gasteiger partial charge >= 0.3 is 0 Å². The molecule has 5 heterocycles. The second-order valence-electron chi connectivity index (χ2n) is 10.9. The number of ketones is 1. The molecule has 0 amide bonds. The molecule has 9 nitrogen and oxygen atoms in total. The normalized spacial score (nSPS) is 37.6. The van der Waals surface area contributed by atoms with Crippen LogP contribution in [0.2, 0.25) is 0 Å². The van der Waals surface area contributed by atoms with Crippen LogP contribution < -0.4 is 9.47 Å². The lowest BCUT2D eigenvalue weighted by Gasteiger charge is -2.49. The Morgan fingerprint density at radius 2 is 1.84 bits per heavy atom. The van der Waals surface area contributed by atoms with E-state index in [-0.39, 0.29) is 5.78 Å². The zero-order valence-corrected chi connectivity index (χ0v) is 21.4. The second kappa shape index (κ2) is 7.22. The van der Waals surface area contributed by atoms with Gasteiger partial charge in [0.2, 0.25) is 11.9 Å². The van der Waals surface area contributed by atoms with Crippen LogP contribution in [0.4, 0.5) is 0 Å². The van der Waals surface area contributed by atoms with E-state index in [9.17, 15) is 4.79 Å². The van der Waals surface area contributed by atoms with Gasteiger partial charge in [0.1, 0.15) is 17.6 Å². The van der Waals surface area contributed by atoms with Crippen LogP contribution in [0.3, 0.4) is 0 Å². The van der Waals surface area contributed by atoms with E-state index >= 15 is 0 Å². The van der Waals surface area contributed by atoms with Crippen molar-refractivity contribution in [3.8, 4) is 11.5 Å². The SMILES string of the molecule is COc1c2c(c(C)c3c4c(c(C)cc13)C1O[C@]3(C5OCCCO5)OC1C(OC)(O4)C31CO1)C(=O)CCC2. The number of hydrogen-bond acceptors (Lipinski definition) is 9. The third-order valence-corrected chi connectivity index (χ3v) is 9.20. The Labute approximate surface area is 214 Å². The minimum atomic E-state index is -1.31. The number of carbonyl (C=O) groups is 1. The number of carbonyl (C=O) groups excluding carboxylic acids is 1. The Kier molecular flexibility index (Phi) is 4.43. The van der Waals surface area contributed by atoms with Crippen molar-refractivity contribution in [1.82, 2.24) is 0 Å². The maximum atomic E-state index is 13.1. The van der Waals surface area contributed by atoms with Crippen molar-refractivity contribution in [1.29, 1.82) is 0 Å². The lowest BCUT2D eigenvalue weighted by molar-refractivity contribution is -0.365. The number of hydrogen-bond donors (Lipinski definition) is 0. The predicted molar refractivity (Wildman–Crippen MR) is 128 cm³/mol. The smallest absolute Gasteiger partial charge is 0.277 e. The van der Waals surface area contributed by atoms with Gasteiger partial charge in [-0.15, -0.1) is 0 Å². The predicted octanol–water partition coefficient (Wildman–Crippen LogP) is 3.42. The molecule has 4 fully saturated rings. The Morgan fingerprint density at radius 3 is 2.54 bits per heavy atom. The van der Waals surface area contributed by atoms with Crippen LogP contribution in [0.5, 0.6) is 11.5 Å². The molecule has 0 N–H and O–H groups in total. The average Bonchev–Trinajstić information content (AvgIpc) is 3.56. The zero-order chi connectivity index (χ0) is 25.3. The van der Waals surface area contributed by atoms with Gasteiger partial charge in [-0.25, -0.2) is 0 Å². The van der Waals surface area contributed by atoms with Gasteiger partial charge in [-0.3, -0.25) is 4.79 Å². The Balaban J connectivity index is 1.40. The maximum Gasteiger partial charge on any atom is 0.277 e. The summed E-state index contributed by atoms with van der Waals surface area (Å²) in [6.07, 6.45) is 1.13. The van der Waals surface area contributed by atoms with Crippen molar-refractivity contribution in [2.24, 2.45) is 0 Å². The van der Waals surface area contributed by atoms with E-state index in [2.05, 4.69) is 6.07 Å². The number of aryl methyl sites for hydroxylation is 2. The van der Waals surface area contributed by atoms with Crippen LogP contribution in [0.25, 0.3) is 10.8 Å². The molecule has 5 aliphatic heterocycles. The highest BCUT2D eigenvalue weighted by Gasteiger charge is 2.93. The highest BCUT2D eigenvalue weighted by molar-refractivity contribution is 6.09. The van der Waals surface area contributed by atoms with Gasteiger partial charge in [0.15, 0.2) is 11.9 Å². The Bertz CT molecular complexity index is 1370. The highest BCUT2D eigenvalue weighted by Crippen LogP contribution is 2.71. The number of benzene rings is 2. The number of methoxy groups -OCH3 is 2. The molecule has 8 rings (SSSR count). The molecule has 37 heavy (non-hydrogen) atoms. The number of Topliss-reactive ketones (excluding diaryl/α,β-unsaturated/α-hetero) is 1. The number of epoxide rings is 1. The van der Waals surface area contributed by atoms with Crippen molar-refractivity contribution in [2.45, 2.75) is 75.2 Å². The molecule has 4 saturated heterocycles. The van der Waals surface area contributed by atoms with Crippen molar-refractivity contribution < 1.29 is 42.7 Å². The summed E-state index contributed by atoms with van der Waals surface area (Å²) in [5.74, 6) is -1.07. The molecule has 0 radical (unpaired) electrons. The van der Waals surface area contributed by atoms with E-state index in [1.165, 1.54) is 0 Å². The van der Waals surface area contributed by atoms with E-state index in [1.807, 2.05) is 13.8 Å². The molecule has 2 aromatic carbocycles. The highest BCUT2D eigenvalue weighted by atomic mass is 16.9. The monoisotopic (exact) mass is 510 g/mol. The molecule has 1 spiro atoms. The third kappa shape index (κ3) is 2.41. The summed E-state index contributed by atoms with van der Waals surface area (Å²) in [5, 5.41) is 1.76. The molecule has 0 aromatic heterocycles. The van der Waals surface area contributed by atoms with Gasteiger partial charge in [0.25, 0.3) is 11.6 Å². The summed E-state index contributed by atoms with van der Waals surface area (Å²) in [7, 11) is 3.28. The van der Waals surface area contributed by atoms with Gasteiger partial charge in [0.05, 0.1) is 26.9 Å². The molecular formula is C28H30O9. The fourth-order valence-electron chi connectivity index (χ4n) is 7.62. The van der Waals surface area contributed by atoms with Crippen molar-refractivity contribution in [3.63, 3.8) is 0 Å². The Morgan fingerprint density at radius 1 is 1.05 bits per heavy atom. The number of rotatable bonds is 3. The first-order valence-electron chi connectivity index (χ1n) is 13.1. The molecule has 6 aliphatic rings. The summed E-state index contributed by atoms with van der Waals surface area (Å²) in [4.78, 5) is 13.1. The van der Waals surface area contributed by atoms with Crippen LogP contribution in [-0.2, 0) is 34.8 Å². The Hall–Kier alpha value is -2.27. The molecule has 5 atom stereocenters. The quantitative estimate of drug-likeness (QED) is 0.576. The molecule has 2 aromatic rings. The summed E-state index contributed by atoms with van der Waals surface area (Å²) in [6, 6.07) is 2.11. The lowest BCUT2D eigenvalue weighted by Crippen LogP contribution is -2.70. The van der Waals surface area contributed by atoms with E-state index in [4.69, 9.17) is 37.9 Å². The largest absolute Gasteiger partial charge is 0.496 e. The van der Waals surface area contributed by atoms with Gasteiger partial charge in [-0.05, 0) is 50.3 Å². The minimum absolute atomic E-state index is 0.139. The van der Waals surface area contributed by atoms with Crippen LogP contribution in [0.15, 0.2) is 6.07 Å². The lowest BCUT2D eigenvalue weighted by atomic mass is 9.77. The maximum absolute atomic E-state index is 13.1. The molecule has 0 saturated carbocycles. The first-order valence-corrected chi connectivity index (χ1v) is 13.1. The van der Waals surface area contributed by atoms with Crippen LogP contribution in [-0.4, -0.2) is 69.4 Å². The van der Waals surface area contributed by atoms with E-state index in [0.717, 1.165) is 63.6 Å². The summed E-state index contributed by atoms with van der Waals surface area (Å²) in [6.45, 7) is 5.45. The zero-order valence-electron chi connectivity index (χ0n) is 21.4.